The van der Waals surface area contributed by atoms with Crippen molar-refractivity contribution in [1.82, 2.24) is 14.8 Å². The van der Waals surface area contributed by atoms with Gasteiger partial charge in [-0.1, -0.05) is 31.9 Å². The predicted octanol–water partition coefficient (Wildman–Crippen LogP) is 8.84. The fourth-order valence-electron chi connectivity index (χ4n) is 8.01. The predicted molar refractivity (Wildman–Crippen MR) is 196 cm³/mol. The van der Waals surface area contributed by atoms with Crippen molar-refractivity contribution in [3.63, 3.8) is 0 Å². The van der Waals surface area contributed by atoms with Gasteiger partial charge in [-0.2, -0.15) is 31.6 Å². The Morgan fingerprint density at radius 2 is 1.72 bits per heavy atom. The lowest BCUT2D eigenvalue weighted by Gasteiger charge is -2.44. The summed E-state index contributed by atoms with van der Waals surface area (Å²) in [5.74, 6) is -3.71. The number of likely N-dealkylation sites (tertiary alicyclic amines) is 2. The maximum atomic E-state index is 15.1. The van der Waals surface area contributed by atoms with Gasteiger partial charge in [0.05, 0.1) is 35.0 Å². The lowest BCUT2D eigenvalue weighted by atomic mass is 9.67. The van der Waals surface area contributed by atoms with Gasteiger partial charge in [-0.05, 0) is 69.6 Å². The number of alkyl halides is 6. The molecule has 58 heavy (non-hydrogen) atoms. The SMILES string of the molecule is CCCC1C(C(=O)N2CCC(C#N)(c3cccc(F)c3OCCC3(C(=O)O)CCC3)CC2)CCCN1C(=O)c1ncccc1C(F)(F)F.Oc1csc(C(F)(F)F)c1. The molecular weight excluding hydrogens is 798 g/mol. The van der Waals surface area contributed by atoms with E-state index in [2.05, 4.69) is 11.1 Å². The highest BCUT2D eigenvalue weighted by molar-refractivity contribution is 7.10. The molecule has 6 rings (SSSR count). The summed E-state index contributed by atoms with van der Waals surface area (Å²) in [5.41, 5.74) is -3.50. The third kappa shape index (κ3) is 9.51. The first-order valence-electron chi connectivity index (χ1n) is 18.9. The lowest BCUT2D eigenvalue weighted by Crippen LogP contribution is -2.55. The Kier molecular flexibility index (Phi) is 13.7. The Bertz CT molecular complexity index is 1990. The topological polar surface area (TPSA) is 144 Å². The molecule has 1 saturated carbocycles. The number of aliphatic carboxylic acids is 1. The number of hydrogen-bond acceptors (Lipinski definition) is 8. The van der Waals surface area contributed by atoms with Crippen molar-refractivity contribution >= 4 is 29.1 Å². The fourth-order valence-corrected chi connectivity index (χ4v) is 8.64. The van der Waals surface area contributed by atoms with Crippen molar-refractivity contribution in [2.24, 2.45) is 11.3 Å². The number of halogens is 7. The molecule has 3 aliphatic rings. The number of carboxylic acid groups (broad SMARTS) is 1. The number of thiophene rings is 1. The van der Waals surface area contributed by atoms with Gasteiger partial charge < -0.3 is 24.7 Å². The third-order valence-electron chi connectivity index (χ3n) is 11.3. The molecule has 18 heteroatoms. The van der Waals surface area contributed by atoms with E-state index in [1.54, 1.807) is 11.0 Å². The quantitative estimate of drug-likeness (QED) is 0.193. The number of piperidine rings is 2. The normalized spacial score (nSPS) is 20.2. The number of aromatic hydroxyl groups is 1. The van der Waals surface area contributed by atoms with E-state index in [0.29, 0.717) is 61.5 Å². The molecule has 2 unspecified atom stereocenters. The summed E-state index contributed by atoms with van der Waals surface area (Å²) >= 11 is 0.481. The number of nitriles is 1. The van der Waals surface area contributed by atoms with Crippen LogP contribution in [0.4, 0.5) is 30.7 Å². The minimum atomic E-state index is -4.77. The third-order valence-corrected chi connectivity index (χ3v) is 12.3. The van der Waals surface area contributed by atoms with E-state index in [0.717, 1.165) is 30.1 Å². The van der Waals surface area contributed by atoms with Crippen LogP contribution >= 0.6 is 11.3 Å². The van der Waals surface area contributed by atoms with Crippen molar-refractivity contribution < 1.29 is 60.1 Å². The molecule has 2 amide bonds. The molecule has 1 aromatic carbocycles. The average molecular weight is 841 g/mol. The van der Waals surface area contributed by atoms with Crippen molar-refractivity contribution in [1.29, 1.82) is 5.26 Å². The Hall–Kier alpha value is -4.92. The number of benzene rings is 1. The molecule has 4 heterocycles. The molecule has 2 aliphatic heterocycles. The Morgan fingerprint density at radius 3 is 2.26 bits per heavy atom. The number of pyridine rings is 1. The van der Waals surface area contributed by atoms with E-state index in [1.165, 1.54) is 17.0 Å². The maximum absolute atomic E-state index is 15.1. The lowest BCUT2D eigenvalue weighted by molar-refractivity contribution is -0.155. The zero-order valence-corrected chi connectivity index (χ0v) is 32.4. The van der Waals surface area contributed by atoms with Gasteiger partial charge in [0.15, 0.2) is 11.6 Å². The second kappa shape index (κ2) is 17.9. The molecule has 0 spiro atoms. The smallest absolute Gasteiger partial charge is 0.425 e. The summed E-state index contributed by atoms with van der Waals surface area (Å²) in [6, 6.07) is 8.73. The number of carboxylic acids is 1. The number of aromatic nitrogens is 1. The second-order valence-electron chi connectivity index (χ2n) is 14.8. The minimum absolute atomic E-state index is 0.0228. The number of carbonyl (C=O) groups excluding carboxylic acids is 2. The number of carbonyl (C=O) groups is 3. The molecule has 3 aromatic rings. The van der Waals surface area contributed by atoms with E-state index in [9.17, 15) is 51.1 Å². The van der Waals surface area contributed by atoms with Gasteiger partial charge in [0.2, 0.25) is 5.91 Å². The highest BCUT2D eigenvalue weighted by atomic mass is 32.1. The van der Waals surface area contributed by atoms with Crippen LogP contribution in [0.2, 0.25) is 0 Å². The molecular formula is C40H43F7N4O6S. The van der Waals surface area contributed by atoms with Crippen LogP contribution in [-0.4, -0.2) is 75.1 Å². The van der Waals surface area contributed by atoms with E-state index >= 15 is 4.39 Å². The first kappa shape index (κ1) is 44.2. The van der Waals surface area contributed by atoms with Crippen molar-refractivity contribution in [3.8, 4) is 17.6 Å². The molecule has 0 radical (unpaired) electrons. The molecule has 1 aliphatic carbocycles. The van der Waals surface area contributed by atoms with Crippen molar-refractivity contribution in [2.75, 3.05) is 26.2 Å². The molecule has 3 fully saturated rings. The number of rotatable bonds is 10. The van der Waals surface area contributed by atoms with Crippen LogP contribution in [0.1, 0.15) is 97.6 Å². The van der Waals surface area contributed by atoms with Crippen LogP contribution in [0.15, 0.2) is 48.0 Å². The van der Waals surface area contributed by atoms with Gasteiger partial charge >= 0.3 is 18.3 Å². The molecule has 2 saturated heterocycles. The van der Waals surface area contributed by atoms with E-state index in [1.807, 2.05) is 6.92 Å². The van der Waals surface area contributed by atoms with Crippen LogP contribution in [0.3, 0.4) is 0 Å². The number of amides is 2. The maximum Gasteiger partial charge on any atom is 0.425 e. The van der Waals surface area contributed by atoms with E-state index in [-0.39, 0.29) is 62.9 Å². The van der Waals surface area contributed by atoms with Gasteiger partial charge in [0, 0.05) is 48.9 Å². The van der Waals surface area contributed by atoms with Crippen molar-refractivity contribution in [2.45, 2.75) is 94.9 Å². The molecule has 2 aromatic heterocycles. The Morgan fingerprint density at radius 1 is 1.02 bits per heavy atom. The zero-order chi connectivity index (χ0) is 42.5. The van der Waals surface area contributed by atoms with Crippen molar-refractivity contribution in [3.05, 3.63) is 75.5 Å². The highest BCUT2D eigenvalue weighted by Crippen LogP contribution is 2.46. The highest BCUT2D eigenvalue weighted by Gasteiger charge is 2.47. The summed E-state index contributed by atoms with van der Waals surface area (Å²) in [7, 11) is 0. The second-order valence-corrected chi connectivity index (χ2v) is 15.8. The summed E-state index contributed by atoms with van der Waals surface area (Å²) in [4.78, 5) is 45.4. The van der Waals surface area contributed by atoms with Crippen LogP contribution in [-0.2, 0) is 27.4 Å². The number of nitrogens with zero attached hydrogens (tertiary/aromatic N) is 4. The monoisotopic (exact) mass is 840 g/mol. The van der Waals surface area contributed by atoms with E-state index in [4.69, 9.17) is 9.84 Å². The van der Waals surface area contributed by atoms with Gasteiger partial charge in [-0.3, -0.25) is 19.4 Å². The summed E-state index contributed by atoms with van der Waals surface area (Å²) in [6.07, 6.45) is -3.58. The number of para-hydroxylation sites is 1. The first-order chi connectivity index (χ1) is 27.4. The first-order valence-corrected chi connectivity index (χ1v) is 19.8. The van der Waals surface area contributed by atoms with E-state index < -0.39 is 69.0 Å². The van der Waals surface area contributed by atoms with Gasteiger partial charge in [0.25, 0.3) is 5.91 Å². The Balaban J connectivity index is 0.000000559. The van der Waals surface area contributed by atoms with Gasteiger partial charge in [0.1, 0.15) is 16.3 Å². The zero-order valence-electron chi connectivity index (χ0n) is 31.5. The largest absolute Gasteiger partial charge is 0.507 e. The van der Waals surface area contributed by atoms with Gasteiger partial charge in [-0.25, -0.2) is 4.39 Å². The standard InChI is InChI=1S/C35H40F4N4O5.C5H3F3OS/c1-2-7-27-23(8-5-18-43(27)31(45)28-24(35(37,38)39)10-4-17-41-28)30(44)42-19-14-34(22-40,15-20-42)25-9-3-11-26(36)29(25)48-21-16-33(32(46)47)12-6-13-33;6-5(7,8)4-1-3(9)2-10-4/h3-4,9-11,17,23,27H,2,5-8,12-16,18-21H2,1H3,(H,46,47);1-2,9H. The van der Waals surface area contributed by atoms with Crippen LogP contribution in [0.25, 0.3) is 0 Å². The molecule has 314 valence electrons. The Labute approximate surface area is 334 Å². The molecule has 10 nitrogen and oxygen atoms in total. The number of ether oxygens (including phenoxy) is 1. The fraction of sp³-hybridized carbons (Fsp3) is 0.525. The summed E-state index contributed by atoms with van der Waals surface area (Å²) in [5, 5.41) is 29.6. The summed E-state index contributed by atoms with van der Waals surface area (Å²) < 4.78 is 97.3. The number of hydrogen-bond donors (Lipinski definition) is 2. The van der Waals surface area contributed by atoms with Crippen LogP contribution < -0.4 is 4.74 Å². The molecule has 0 bridgehead atoms. The minimum Gasteiger partial charge on any atom is -0.507 e. The summed E-state index contributed by atoms with van der Waals surface area (Å²) in [6.45, 7) is 2.41. The molecule has 2 atom stereocenters. The van der Waals surface area contributed by atoms with Crippen LogP contribution in [0, 0.1) is 28.5 Å². The average Bonchev–Trinajstić information content (AvgIpc) is 3.63. The molecule has 2 N–H and O–H groups in total. The van der Waals surface area contributed by atoms with Gasteiger partial charge in [-0.15, -0.1) is 11.3 Å². The van der Waals surface area contributed by atoms with Crippen LogP contribution in [0.5, 0.6) is 11.5 Å².